The van der Waals surface area contributed by atoms with Crippen LogP contribution in [0.1, 0.15) is 24.1 Å². The Kier molecular flexibility index (Phi) is 4.71. The number of amidine groups is 1. The third-order valence-corrected chi connectivity index (χ3v) is 5.99. The van der Waals surface area contributed by atoms with Gasteiger partial charge in [0.1, 0.15) is 0 Å². The molecule has 0 saturated carbocycles. The first-order valence-electron chi connectivity index (χ1n) is 9.57. The van der Waals surface area contributed by atoms with Gasteiger partial charge in [0, 0.05) is 5.56 Å². The molecule has 1 fully saturated rings. The van der Waals surface area contributed by atoms with E-state index in [9.17, 15) is 9.59 Å². The standard InChI is InChI=1S/C22H18N2O5S/c1-2-27-21(26)18-19(13-6-4-3-5-7-13)23-22-24(17(25)11-30-22)20(18)14-8-9-15-16(10-14)29-12-28-15/h3-10,20H,2,11-12H2,1H3/t20-/m1/s1. The van der Waals surface area contributed by atoms with Crippen molar-refractivity contribution in [1.29, 1.82) is 0 Å². The molecule has 152 valence electrons. The Morgan fingerprint density at radius 2 is 2.00 bits per heavy atom. The molecule has 1 atom stereocenters. The van der Waals surface area contributed by atoms with Crippen LogP contribution in [-0.2, 0) is 14.3 Å². The fourth-order valence-corrected chi connectivity index (χ4v) is 4.65. The van der Waals surface area contributed by atoms with Crippen LogP contribution in [0.25, 0.3) is 5.70 Å². The van der Waals surface area contributed by atoms with E-state index in [2.05, 4.69) is 0 Å². The fourth-order valence-electron chi connectivity index (χ4n) is 3.76. The van der Waals surface area contributed by atoms with Crippen molar-refractivity contribution in [2.24, 2.45) is 4.99 Å². The van der Waals surface area contributed by atoms with Crippen LogP contribution < -0.4 is 9.47 Å². The smallest absolute Gasteiger partial charge is 0.338 e. The maximum atomic E-state index is 13.1. The maximum Gasteiger partial charge on any atom is 0.338 e. The van der Waals surface area contributed by atoms with Gasteiger partial charge in [-0.25, -0.2) is 9.79 Å². The zero-order chi connectivity index (χ0) is 20.7. The molecule has 2 aromatic rings. The van der Waals surface area contributed by atoms with Crippen LogP contribution in [0, 0.1) is 0 Å². The van der Waals surface area contributed by atoms with Gasteiger partial charge in [-0.3, -0.25) is 9.69 Å². The highest BCUT2D eigenvalue weighted by molar-refractivity contribution is 8.15. The van der Waals surface area contributed by atoms with Gasteiger partial charge in [-0.1, -0.05) is 48.2 Å². The van der Waals surface area contributed by atoms with E-state index < -0.39 is 12.0 Å². The number of benzene rings is 2. The Bertz CT molecular complexity index is 1100. The summed E-state index contributed by atoms with van der Waals surface area (Å²) in [5.41, 5.74) is 2.38. The van der Waals surface area contributed by atoms with E-state index in [0.717, 1.165) is 11.1 Å². The molecule has 3 heterocycles. The molecule has 5 rings (SSSR count). The van der Waals surface area contributed by atoms with Crippen molar-refractivity contribution in [3.63, 3.8) is 0 Å². The van der Waals surface area contributed by atoms with Crippen LogP contribution in [-0.4, -0.2) is 41.1 Å². The largest absolute Gasteiger partial charge is 0.463 e. The van der Waals surface area contributed by atoms with E-state index in [0.29, 0.717) is 27.9 Å². The second-order valence-electron chi connectivity index (χ2n) is 6.81. The van der Waals surface area contributed by atoms with Crippen LogP contribution in [0.5, 0.6) is 11.5 Å². The lowest BCUT2D eigenvalue weighted by molar-refractivity contribution is -0.139. The Hall–Kier alpha value is -3.26. The number of thioether (sulfide) groups is 1. The average Bonchev–Trinajstić information content (AvgIpc) is 3.39. The molecule has 0 bridgehead atoms. The van der Waals surface area contributed by atoms with E-state index >= 15 is 0 Å². The Morgan fingerprint density at radius 1 is 1.20 bits per heavy atom. The van der Waals surface area contributed by atoms with Crippen molar-refractivity contribution in [2.45, 2.75) is 13.0 Å². The van der Waals surface area contributed by atoms with E-state index in [1.54, 1.807) is 17.9 Å². The first-order chi connectivity index (χ1) is 14.7. The Balaban J connectivity index is 1.73. The number of ether oxygens (including phenoxy) is 3. The van der Waals surface area contributed by atoms with Gasteiger partial charge in [0.15, 0.2) is 16.7 Å². The highest BCUT2D eigenvalue weighted by Crippen LogP contribution is 2.45. The molecule has 0 radical (unpaired) electrons. The third-order valence-electron chi connectivity index (χ3n) is 5.05. The minimum absolute atomic E-state index is 0.102. The molecule has 1 amide bonds. The predicted octanol–water partition coefficient (Wildman–Crippen LogP) is 3.38. The van der Waals surface area contributed by atoms with Crippen LogP contribution in [0.15, 0.2) is 59.1 Å². The maximum absolute atomic E-state index is 13.1. The summed E-state index contributed by atoms with van der Waals surface area (Å²) in [6, 6.07) is 14.3. The van der Waals surface area contributed by atoms with Crippen molar-refractivity contribution in [2.75, 3.05) is 19.2 Å². The van der Waals surface area contributed by atoms with Crippen molar-refractivity contribution >= 4 is 34.5 Å². The van der Waals surface area contributed by atoms with E-state index in [1.165, 1.54) is 11.8 Å². The number of esters is 1. The monoisotopic (exact) mass is 422 g/mol. The van der Waals surface area contributed by atoms with Gasteiger partial charge in [-0.15, -0.1) is 0 Å². The first kappa shape index (κ1) is 18.7. The summed E-state index contributed by atoms with van der Waals surface area (Å²) in [6.45, 7) is 2.12. The molecule has 2 aromatic carbocycles. The second-order valence-corrected chi connectivity index (χ2v) is 7.75. The van der Waals surface area contributed by atoms with Crippen LogP contribution in [0.2, 0.25) is 0 Å². The Labute approximate surface area is 177 Å². The second kappa shape index (κ2) is 7.53. The normalized spacial score (nSPS) is 19.6. The summed E-state index contributed by atoms with van der Waals surface area (Å²) in [5, 5.41) is 0.578. The number of fused-ring (bicyclic) bond motifs is 2. The number of carbonyl (C=O) groups excluding carboxylic acids is 2. The molecule has 8 heteroatoms. The molecule has 30 heavy (non-hydrogen) atoms. The first-order valence-corrected chi connectivity index (χ1v) is 10.6. The van der Waals surface area contributed by atoms with Crippen LogP contribution in [0.3, 0.4) is 0 Å². The summed E-state index contributed by atoms with van der Waals surface area (Å²) in [5.74, 6) is 0.899. The molecule has 0 aliphatic carbocycles. The summed E-state index contributed by atoms with van der Waals surface area (Å²) in [6.07, 6.45) is 0. The van der Waals surface area contributed by atoms with Gasteiger partial charge in [-0.2, -0.15) is 0 Å². The Morgan fingerprint density at radius 3 is 2.80 bits per heavy atom. The van der Waals surface area contributed by atoms with Gasteiger partial charge in [0.2, 0.25) is 12.7 Å². The molecular weight excluding hydrogens is 404 g/mol. The van der Waals surface area contributed by atoms with Gasteiger partial charge >= 0.3 is 5.97 Å². The number of rotatable bonds is 4. The average molecular weight is 422 g/mol. The zero-order valence-electron chi connectivity index (χ0n) is 16.2. The van der Waals surface area contributed by atoms with E-state index in [-0.39, 0.29) is 25.1 Å². The molecule has 3 aliphatic rings. The van der Waals surface area contributed by atoms with Gasteiger partial charge in [0.25, 0.3) is 0 Å². The highest BCUT2D eigenvalue weighted by atomic mass is 32.2. The van der Waals surface area contributed by atoms with Crippen molar-refractivity contribution in [3.8, 4) is 11.5 Å². The number of hydrogen-bond acceptors (Lipinski definition) is 7. The number of amides is 1. The molecule has 1 saturated heterocycles. The summed E-state index contributed by atoms with van der Waals surface area (Å²) >= 11 is 1.37. The van der Waals surface area contributed by atoms with Crippen molar-refractivity contribution < 1.29 is 23.8 Å². The minimum Gasteiger partial charge on any atom is -0.463 e. The fraction of sp³-hybridized carbons (Fsp3) is 0.227. The zero-order valence-corrected chi connectivity index (χ0v) is 17.0. The number of hydrogen-bond donors (Lipinski definition) is 0. The summed E-state index contributed by atoms with van der Waals surface area (Å²) in [4.78, 5) is 32.2. The lowest BCUT2D eigenvalue weighted by atomic mass is 9.91. The molecule has 7 nitrogen and oxygen atoms in total. The lowest BCUT2D eigenvalue weighted by Gasteiger charge is -2.33. The summed E-state index contributed by atoms with van der Waals surface area (Å²) < 4.78 is 16.3. The third kappa shape index (κ3) is 3.04. The minimum atomic E-state index is -0.663. The molecule has 3 aliphatic heterocycles. The van der Waals surface area contributed by atoms with Crippen molar-refractivity contribution in [1.82, 2.24) is 4.90 Å². The molecule has 0 N–H and O–H groups in total. The van der Waals surface area contributed by atoms with Crippen molar-refractivity contribution in [3.05, 3.63) is 65.2 Å². The molecular formula is C22H18N2O5S. The molecule has 0 aromatic heterocycles. The number of nitrogens with zero attached hydrogens (tertiary/aromatic N) is 2. The van der Waals surface area contributed by atoms with E-state index in [4.69, 9.17) is 19.2 Å². The van der Waals surface area contributed by atoms with Gasteiger partial charge in [-0.05, 0) is 24.6 Å². The quantitative estimate of drug-likeness (QED) is 0.703. The molecule has 0 unspecified atom stereocenters. The topological polar surface area (TPSA) is 77.4 Å². The number of carbonyl (C=O) groups is 2. The SMILES string of the molecule is CCOC(=O)C1=C(c2ccccc2)N=C2SCC(=O)N2[C@@H]1c1ccc2c(c1)OCO2. The van der Waals surface area contributed by atoms with Crippen LogP contribution >= 0.6 is 11.8 Å². The lowest BCUT2D eigenvalue weighted by Crippen LogP contribution is -2.39. The highest BCUT2D eigenvalue weighted by Gasteiger charge is 2.44. The predicted molar refractivity (Wildman–Crippen MR) is 112 cm³/mol. The number of aliphatic imine (C=N–C) groups is 1. The molecule has 0 spiro atoms. The van der Waals surface area contributed by atoms with Crippen LogP contribution in [0.4, 0.5) is 0 Å². The van der Waals surface area contributed by atoms with Gasteiger partial charge < -0.3 is 14.2 Å². The van der Waals surface area contributed by atoms with Gasteiger partial charge in [0.05, 0.1) is 29.7 Å². The summed E-state index contributed by atoms with van der Waals surface area (Å²) in [7, 11) is 0. The van der Waals surface area contributed by atoms with E-state index in [1.807, 2.05) is 42.5 Å².